The zero-order valence-electron chi connectivity index (χ0n) is 12.8. The fraction of sp³-hybridized carbons (Fsp3) is 0.500. The highest BCUT2D eigenvalue weighted by Crippen LogP contribution is 2.25. The van der Waals surface area contributed by atoms with Crippen LogP contribution in [0.2, 0.25) is 0 Å². The predicted octanol–water partition coefficient (Wildman–Crippen LogP) is 2.56. The number of ketones is 1. The summed E-state index contributed by atoms with van der Waals surface area (Å²) in [6, 6.07) is 0.994. The van der Waals surface area contributed by atoms with Crippen LogP contribution in [0.4, 0.5) is 13.2 Å². The summed E-state index contributed by atoms with van der Waals surface area (Å²) < 4.78 is 45.3. The van der Waals surface area contributed by atoms with Crippen molar-refractivity contribution in [1.29, 1.82) is 0 Å². The van der Waals surface area contributed by atoms with Crippen molar-refractivity contribution >= 4 is 11.7 Å². The Kier molecular flexibility index (Phi) is 5.76. The molecule has 0 radical (unpaired) electrons. The minimum Gasteiger partial charge on any atom is -0.372 e. The van der Waals surface area contributed by atoms with Gasteiger partial charge in [-0.25, -0.2) is 13.2 Å². The van der Waals surface area contributed by atoms with E-state index in [1.165, 1.54) is 0 Å². The van der Waals surface area contributed by atoms with Crippen molar-refractivity contribution in [2.24, 2.45) is 5.92 Å². The number of hydrogen-bond donors (Lipinski definition) is 0. The zero-order chi connectivity index (χ0) is 17.0. The first-order chi connectivity index (χ1) is 10.9. The standard InChI is InChI=1S/C16H18F3NO3/c1-2-23-9-14(21)20-5-3-10(4-6-20)16(22)15-12(18)7-11(17)8-13(15)19/h7-8,10H,2-6,9H2,1H3. The van der Waals surface area contributed by atoms with E-state index in [1.54, 1.807) is 11.8 Å². The summed E-state index contributed by atoms with van der Waals surface area (Å²) in [6.45, 7) is 2.85. The highest BCUT2D eigenvalue weighted by atomic mass is 19.1. The Balaban J connectivity index is 2.00. The summed E-state index contributed by atoms with van der Waals surface area (Å²) in [5.74, 6) is -4.88. The first-order valence-corrected chi connectivity index (χ1v) is 7.48. The first kappa shape index (κ1) is 17.5. The molecule has 23 heavy (non-hydrogen) atoms. The molecule has 7 heteroatoms. The Morgan fingerprint density at radius 3 is 2.26 bits per heavy atom. The maximum absolute atomic E-state index is 13.7. The van der Waals surface area contributed by atoms with E-state index in [-0.39, 0.29) is 12.5 Å². The first-order valence-electron chi connectivity index (χ1n) is 7.48. The van der Waals surface area contributed by atoms with Crippen molar-refractivity contribution in [2.75, 3.05) is 26.3 Å². The largest absolute Gasteiger partial charge is 0.372 e. The molecule has 1 heterocycles. The summed E-state index contributed by atoms with van der Waals surface area (Å²) in [5.41, 5.74) is -0.703. The molecule has 0 unspecified atom stereocenters. The summed E-state index contributed by atoms with van der Waals surface area (Å²) in [5, 5.41) is 0. The van der Waals surface area contributed by atoms with Gasteiger partial charge in [0.05, 0.1) is 5.56 Å². The monoisotopic (exact) mass is 329 g/mol. The van der Waals surface area contributed by atoms with Crippen LogP contribution in [0.1, 0.15) is 30.1 Å². The van der Waals surface area contributed by atoms with Gasteiger partial charge in [0.15, 0.2) is 5.78 Å². The molecular weight excluding hydrogens is 311 g/mol. The molecule has 0 spiro atoms. The van der Waals surface area contributed by atoms with Crippen LogP contribution in [0.25, 0.3) is 0 Å². The van der Waals surface area contributed by atoms with E-state index < -0.39 is 34.7 Å². The number of piperidine rings is 1. The van der Waals surface area contributed by atoms with Crippen molar-refractivity contribution in [3.63, 3.8) is 0 Å². The van der Waals surface area contributed by atoms with Crippen LogP contribution in [0.15, 0.2) is 12.1 Å². The maximum Gasteiger partial charge on any atom is 0.248 e. The van der Waals surface area contributed by atoms with Gasteiger partial charge in [-0.2, -0.15) is 0 Å². The molecule has 1 aliphatic heterocycles. The van der Waals surface area contributed by atoms with E-state index in [2.05, 4.69) is 0 Å². The molecule has 1 amide bonds. The molecule has 1 saturated heterocycles. The number of hydrogen-bond acceptors (Lipinski definition) is 3. The van der Waals surface area contributed by atoms with Gasteiger partial charge >= 0.3 is 0 Å². The Hall–Kier alpha value is -1.89. The van der Waals surface area contributed by atoms with E-state index in [0.717, 1.165) is 0 Å². The van der Waals surface area contributed by atoms with E-state index in [1.807, 2.05) is 0 Å². The van der Waals surface area contributed by atoms with Gasteiger partial charge in [-0.15, -0.1) is 0 Å². The molecule has 126 valence electrons. The molecule has 0 saturated carbocycles. The van der Waals surface area contributed by atoms with Gasteiger partial charge in [0.25, 0.3) is 0 Å². The molecule has 1 aromatic carbocycles. The molecule has 2 rings (SSSR count). The summed E-state index contributed by atoms with van der Waals surface area (Å²) in [7, 11) is 0. The number of likely N-dealkylation sites (tertiary alicyclic amines) is 1. The van der Waals surface area contributed by atoms with Crippen molar-refractivity contribution in [3.8, 4) is 0 Å². The van der Waals surface area contributed by atoms with Crippen molar-refractivity contribution in [3.05, 3.63) is 35.1 Å². The summed E-state index contributed by atoms with van der Waals surface area (Å²) >= 11 is 0. The molecule has 4 nitrogen and oxygen atoms in total. The molecule has 0 atom stereocenters. The fourth-order valence-electron chi connectivity index (χ4n) is 2.65. The molecule has 1 aliphatic rings. The lowest BCUT2D eigenvalue weighted by atomic mass is 9.88. The number of ether oxygens (including phenoxy) is 1. The van der Waals surface area contributed by atoms with Crippen molar-refractivity contribution < 1.29 is 27.5 Å². The highest BCUT2D eigenvalue weighted by Gasteiger charge is 2.31. The molecule has 0 N–H and O–H groups in total. The molecule has 1 aromatic rings. The summed E-state index contributed by atoms with van der Waals surface area (Å²) in [6.07, 6.45) is 0.625. The van der Waals surface area contributed by atoms with Crippen LogP contribution in [0.3, 0.4) is 0 Å². The second-order valence-corrected chi connectivity index (χ2v) is 5.40. The number of amides is 1. The minimum atomic E-state index is -1.19. The summed E-state index contributed by atoms with van der Waals surface area (Å²) in [4.78, 5) is 25.6. The SMILES string of the molecule is CCOCC(=O)N1CCC(C(=O)c2c(F)cc(F)cc2F)CC1. The predicted molar refractivity (Wildman–Crippen MR) is 76.4 cm³/mol. The van der Waals surface area contributed by atoms with Gasteiger partial charge in [0.1, 0.15) is 24.1 Å². The Morgan fingerprint density at radius 1 is 1.17 bits per heavy atom. The number of carbonyl (C=O) groups is 2. The highest BCUT2D eigenvalue weighted by molar-refractivity contribution is 5.98. The lowest BCUT2D eigenvalue weighted by Gasteiger charge is -2.31. The van der Waals surface area contributed by atoms with Crippen molar-refractivity contribution in [2.45, 2.75) is 19.8 Å². The third-order valence-corrected chi connectivity index (χ3v) is 3.90. The quantitative estimate of drug-likeness (QED) is 0.780. The van der Waals surface area contributed by atoms with Crippen LogP contribution >= 0.6 is 0 Å². The third-order valence-electron chi connectivity index (χ3n) is 3.90. The van der Waals surface area contributed by atoms with Gasteiger partial charge in [0, 0.05) is 37.7 Å². The lowest BCUT2D eigenvalue weighted by molar-refractivity contribution is -0.137. The average molecular weight is 329 g/mol. The molecule has 0 aromatic heterocycles. The van der Waals surface area contributed by atoms with Gasteiger partial charge in [0.2, 0.25) is 5.91 Å². The molecule has 0 bridgehead atoms. The number of rotatable bonds is 5. The van der Waals surface area contributed by atoms with E-state index in [4.69, 9.17) is 4.74 Å². The maximum atomic E-state index is 13.7. The van der Waals surface area contributed by atoms with Crippen molar-refractivity contribution in [1.82, 2.24) is 4.90 Å². The van der Waals surface area contributed by atoms with Crippen LogP contribution in [0.5, 0.6) is 0 Å². The van der Waals surface area contributed by atoms with Crippen LogP contribution in [-0.4, -0.2) is 42.9 Å². The number of carbonyl (C=O) groups excluding carboxylic acids is 2. The van der Waals surface area contributed by atoms with E-state index >= 15 is 0 Å². The van der Waals surface area contributed by atoms with Crippen LogP contribution < -0.4 is 0 Å². The van der Waals surface area contributed by atoms with Gasteiger partial charge < -0.3 is 9.64 Å². The van der Waals surface area contributed by atoms with Gasteiger partial charge in [-0.1, -0.05) is 0 Å². The zero-order valence-corrected chi connectivity index (χ0v) is 12.8. The molecule has 0 aliphatic carbocycles. The average Bonchev–Trinajstić information content (AvgIpc) is 2.51. The molecular formula is C16H18F3NO3. The topological polar surface area (TPSA) is 46.6 Å². The van der Waals surface area contributed by atoms with E-state index in [9.17, 15) is 22.8 Å². The third kappa shape index (κ3) is 4.10. The Labute approximate surface area is 132 Å². The Bertz CT molecular complexity index is 575. The number of nitrogens with zero attached hydrogens (tertiary/aromatic N) is 1. The van der Waals surface area contributed by atoms with Gasteiger partial charge in [-0.05, 0) is 19.8 Å². The lowest BCUT2D eigenvalue weighted by Crippen LogP contribution is -2.42. The van der Waals surface area contributed by atoms with Crippen LogP contribution in [-0.2, 0) is 9.53 Å². The van der Waals surface area contributed by atoms with E-state index in [0.29, 0.717) is 44.7 Å². The number of halogens is 3. The smallest absolute Gasteiger partial charge is 0.248 e. The normalized spacial score (nSPS) is 15.7. The minimum absolute atomic E-state index is 0.0175. The number of Topliss-reactive ketones (excluding diaryl/α,β-unsaturated/α-hetero) is 1. The van der Waals surface area contributed by atoms with Gasteiger partial charge in [-0.3, -0.25) is 9.59 Å². The second-order valence-electron chi connectivity index (χ2n) is 5.40. The molecule has 1 fully saturated rings. The Morgan fingerprint density at radius 2 is 1.74 bits per heavy atom. The fourth-order valence-corrected chi connectivity index (χ4v) is 2.65. The second kappa shape index (κ2) is 7.59. The number of benzene rings is 1. The van der Waals surface area contributed by atoms with Crippen LogP contribution in [0, 0.1) is 23.4 Å².